The van der Waals surface area contributed by atoms with E-state index in [0.717, 1.165) is 35.7 Å². The molecule has 0 radical (unpaired) electrons. The molecule has 3 aliphatic rings. The fourth-order valence-corrected chi connectivity index (χ4v) is 5.41. The van der Waals surface area contributed by atoms with Crippen LogP contribution in [-0.2, 0) is 16.0 Å². The van der Waals surface area contributed by atoms with E-state index in [0.29, 0.717) is 25.2 Å². The highest BCUT2D eigenvalue weighted by molar-refractivity contribution is 6.31. The molecule has 1 aromatic rings. The van der Waals surface area contributed by atoms with Crippen LogP contribution in [0, 0.1) is 16.7 Å². The van der Waals surface area contributed by atoms with E-state index in [2.05, 4.69) is 11.8 Å². The number of halogens is 1. The Morgan fingerprint density at radius 2 is 1.80 bits per heavy atom. The monoisotopic (exact) mass is 359 g/mol. The van der Waals surface area contributed by atoms with Gasteiger partial charge in [-0.2, -0.15) is 0 Å². The molecule has 0 aromatic heterocycles. The number of Topliss-reactive ketones (excluding diaryl/α,β-unsaturated/α-hetero) is 2. The molecule has 25 heavy (non-hydrogen) atoms. The molecule has 4 rings (SSSR count). The molecule has 0 amide bonds. The Hall–Kier alpha value is -1.35. The molecule has 2 fully saturated rings. The SMILES string of the molecule is C[C@@H]1CCN2c3cc(Cl)ccc3CC3(C(=O)CC(C)(C)CC3=O)[C@@H]2C1. The Kier molecular flexibility index (Phi) is 3.81. The largest absolute Gasteiger partial charge is 0.367 e. The van der Waals surface area contributed by atoms with Crippen molar-refractivity contribution in [2.24, 2.45) is 16.7 Å². The van der Waals surface area contributed by atoms with Crippen LogP contribution in [0.4, 0.5) is 5.69 Å². The molecule has 134 valence electrons. The quantitative estimate of drug-likeness (QED) is 0.642. The normalized spacial score (nSPS) is 30.2. The summed E-state index contributed by atoms with van der Waals surface area (Å²) in [6.45, 7) is 7.20. The van der Waals surface area contributed by atoms with Gasteiger partial charge in [0.2, 0.25) is 0 Å². The molecule has 1 aromatic carbocycles. The molecular formula is C21H26ClNO2. The smallest absolute Gasteiger partial charge is 0.149 e. The minimum absolute atomic E-state index is 0.0154. The molecule has 0 bridgehead atoms. The lowest BCUT2D eigenvalue weighted by molar-refractivity contribution is -0.151. The summed E-state index contributed by atoms with van der Waals surface area (Å²) in [5.74, 6) is 0.839. The molecule has 1 spiro atoms. The van der Waals surface area contributed by atoms with Crippen molar-refractivity contribution >= 4 is 28.9 Å². The van der Waals surface area contributed by atoms with Crippen LogP contribution in [-0.4, -0.2) is 24.2 Å². The number of hydrogen-bond acceptors (Lipinski definition) is 3. The van der Waals surface area contributed by atoms with Crippen molar-refractivity contribution in [3.63, 3.8) is 0 Å². The maximum Gasteiger partial charge on any atom is 0.149 e. The molecule has 4 heteroatoms. The van der Waals surface area contributed by atoms with Crippen LogP contribution in [0.5, 0.6) is 0 Å². The van der Waals surface area contributed by atoms with Crippen molar-refractivity contribution in [3.05, 3.63) is 28.8 Å². The highest BCUT2D eigenvalue weighted by Crippen LogP contribution is 2.52. The fraction of sp³-hybridized carbons (Fsp3) is 0.619. The van der Waals surface area contributed by atoms with Crippen molar-refractivity contribution in [3.8, 4) is 0 Å². The third-order valence-corrected chi connectivity index (χ3v) is 6.77. The predicted molar refractivity (Wildman–Crippen MR) is 100 cm³/mol. The average molecular weight is 360 g/mol. The highest BCUT2D eigenvalue weighted by Gasteiger charge is 2.60. The molecule has 3 nitrogen and oxygen atoms in total. The maximum atomic E-state index is 13.4. The standard InChI is InChI=1S/C21H26ClNO2/c1-13-6-7-23-16-9-15(22)5-4-14(16)10-21(17(23)8-13)18(24)11-20(2,3)12-19(21)25/h4-5,9,13,17H,6-8,10-12H2,1-3H3/t13-,17+/m1/s1. The number of carbonyl (C=O) groups is 2. The van der Waals surface area contributed by atoms with Gasteiger partial charge in [0.1, 0.15) is 17.0 Å². The Labute approximate surface area is 154 Å². The summed E-state index contributed by atoms with van der Waals surface area (Å²) in [6.07, 6.45) is 3.54. The van der Waals surface area contributed by atoms with Crippen LogP contribution in [0.3, 0.4) is 0 Å². The first kappa shape index (κ1) is 17.1. The van der Waals surface area contributed by atoms with Crippen molar-refractivity contribution in [2.45, 2.75) is 58.9 Å². The van der Waals surface area contributed by atoms with Gasteiger partial charge in [0.05, 0.1) is 0 Å². The zero-order valence-corrected chi connectivity index (χ0v) is 16.0. The van der Waals surface area contributed by atoms with Gasteiger partial charge >= 0.3 is 0 Å². The van der Waals surface area contributed by atoms with Crippen LogP contribution in [0.2, 0.25) is 5.02 Å². The second-order valence-electron chi connectivity index (χ2n) is 9.12. The Balaban J connectivity index is 1.86. The molecule has 0 unspecified atom stereocenters. The number of piperidine rings is 1. The molecule has 0 N–H and O–H groups in total. The van der Waals surface area contributed by atoms with E-state index in [-0.39, 0.29) is 23.0 Å². The average Bonchev–Trinajstić information content (AvgIpc) is 2.51. The van der Waals surface area contributed by atoms with Crippen LogP contribution in [0.25, 0.3) is 0 Å². The van der Waals surface area contributed by atoms with Crippen molar-refractivity contribution in [1.29, 1.82) is 0 Å². The van der Waals surface area contributed by atoms with Crippen molar-refractivity contribution in [2.75, 3.05) is 11.4 Å². The number of nitrogens with zero attached hydrogens (tertiary/aromatic N) is 1. The summed E-state index contributed by atoms with van der Waals surface area (Å²) < 4.78 is 0. The van der Waals surface area contributed by atoms with E-state index >= 15 is 0 Å². The third-order valence-electron chi connectivity index (χ3n) is 6.53. The highest BCUT2D eigenvalue weighted by atomic mass is 35.5. The lowest BCUT2D eigenvalue weighted by Crippen LogP contribution is -2.65. The minimum Gasteiger partial charge on any atom is -0.367 e. The Morgan fingerprint density at radius 1 is 1.12 bits per heavy atom. The molecule has 2 aliphatic heterocycles. The first-order chi connectivity index (χ1) is 11.7. The zero-order valence-electron chi connectivity index (χ0n) is 15.3. The van der Waals surface area contributed by atoms with E-state index < -0.39 is 5.41 Å². The van der Waals surface area contributed by atoms with Gasteiger partial charge in [-0.05, 0) is 48.3 Å². The second kappa shape index (κ2) is 5.57. The first-order valence-corrected chi connectivity index (χ1v) is 9.72. The third kappa shape index (κ3) is 2.54. The number of carbonyl (C=O) groups excluding carboxylic acids is 2. The Morgan fingerprint density at radius 3 is 2.48 bits per heavy atom. The van der Waals surface area contributed by atoms with E-state index in [9.17, 15) is 9.59 Å². The maximum absolute atomic E-state index is 13.4. The number of fused-ring (bicyclic) bond motifs is 4. The van der Waals surface area contributed by atoms with Crippen LogP contribution in [0.15, 0.2) is 18.2 Å². The fourth-order valence-electron chi connectivity index (χ4n) is 5.24. The molecular weight excluding hydrogens is 334 g/mol. The van der Waals surface area contributed by atoms with E-state index in [4.69, 9.17) is 11.6 Å². The van der Waals surface area contributed by atoms with Crippen LogP contribution in [0.1, 0.15) is 52.0 Å². The van der Waals surface area contributed by atoms with Crippen LogP contribution >= 0.6 is 11.6 Å². The van der Waals surface area contributed by atoms with Gasteiger partial charge < -0.3 is 4.90 Å². The summed E-state index contributed by atoms with van der Waals surface area (Å²) in [5.41, 5.74) is 1.15. The number of ketones is 2. The van der Waals surface area contributed by atoms with E-state index in [1.165, 1.54) is 0 Å². The van der Waals surface area contributed by atoms with Gasteiger partial charge in [-0.25, -0.2) is 0 Å². The van der Waals surface area contributed by atoms with E-state index in [1.54, 1.807) is 0 Å². The van der Waals surface area contributed by atoms with Crippen molar-refractivity contribution in [1.82, 2.24) is 0 Å². The molecule has 2 atom stereocenters. The number of benzene rings is 1. The number of anilines is 1. The van der Waals surface area contributed by atoms with Gasteiger partial charge in [0.25, 0.3) is 0 Å². The summed E-state index contributed by atoms with van der Waals surface area (Å²) in [6, 6.07) is 5.88. The first-order valence-electron chi connectivity index (χ1n) is 9.35. The second-order valence-corrected chi connectivity index (χ2v) is 9.56. The summed E-state index contributed by atoms with van der Waals surface area (Å²) in [7, 11) is 0. The summed E-state index contributed by atoms with van der Waals surface area (Å²) in [5, 5.41) is 0.717. The van der Waals surface area contributed by atoms with Gasteiger partial charge in [0, 0.05) is 36.1 Å². The lowest BCUT2D eigenvalue weighted by Gasteiger charge is -2.55. The number of hydrogen-bond donors (Lipinski definition) is 0. The molecule has 2 heterocycles. The predicted octanol–water partition coefficient (Wildman–Crippen LogP) is 4.45. The summed E-state index contributed by atoms with van der Waals surface area (Å²) >= 11 is 6.25. The topological polar surface area (TPSA) is 37.4 Å². The van der Waals surface area contributed by atoms with Gasteiger partial charge in [-0.1, -0.05) is 38.4 Å². The summed E-state index contributed by atoms with van der Waals surface area (Å²) in [4.78, 5) is 29.0. The minimum atomic E-state index is -0.856. The van der Waals surface area contributed by atoms with Gasteiger partial charge in [0.15, 0.2) is 0 Å². The van der Waals surface area contributed by atoms with Crippen molar-refractivity contribution < 1.29 is 9.59 Å². The van der Waals surface area contributed by atoms with Crippen LogP contribution < -0.4 is 4.90 Å². The zero-order chi connectivity index (χ0) is 18.0. The van der Waals surface area contributed by atoms with Gasteiger partial charge in [-0.15, -0.1) is 0 Å². The molecule has 1 saturated carbocycles. The molecule has 1 saturated heterocycles. The lowest BCUT2D eigenvalue weighted by atomic mass is 9.55. The van der Waals surface area contributed by atoms with E-state index in [1.807, 2.05) is 32.0 Å². The Bertz CT molecular complexity index is 734. The van der Waals surface area contributed by atoms with Gasteiger partial charge in [-0.3, -0.25) is 9.59 Å². The number of rotatable bonds is 0. The molecule has 1 aliphatic carbocycles.